The van der Waals surface area contributed by atoms with Crippen molar-refractivity contribution in [2.45, 2.75) is 45.7 Å². The number of hydrazone groups is 1. The molecule has 1 unspecified atom stereocenters. The predicted molar refractivity (Wildman–Crippen MR) is 141 cm³/mol. The van der Waals surface area contributed by atoms with Crippen molar-refractivity contribution in [2.75, 3.05) is 5.75 Å². The molecule has 3 aromatic rings. The highest BCUT2D eigenvalue weighted by Gasteiger charge is 2.37. The molecule has 0 fully saturated rings. The van der Waals surface area contributed by atoms with Gasteiger partial charge in [-0.25, -0.2) is 9.69 Å². The van der Waals surface area contributed by atoms with Gasteiger partial charge in [0.15, 0.2) is 11.3 Å². The summed E-state index contributed by atoms with van der Waals surface area (Å²) in [5.74, 6) is 0.708. The van der Waals surface area contributed by atoms with Gasteiger partial charge in [-0.1, -0.05) is 85.9 Å². The van der Waals surface area contributed by atoms with Crippen LogP contribution in [0.2, 0.25) is 5.15 Å². The zero-order valence-corrected chi connectivity index (χ0v) is 21.3. The Labute approximate surface area is 213 Å². The quantitative estimate of drug-likeness (QED) is 0.485. The summed E-state index contributed by atoms with van der Waals surface area (Å²) in [4.78, 5) is 18.3. The molecule has 2 aliphatic heterocycles. The molecule has 180 valence electrons. The van der Waals surface area contributed by atoms with Crippen LogP contribution in [0.1, 0.15) is 50.0 Å². The average molecular weight is 507 g/mol. The molecule has 2 aromatic carbocycles. The lowest BCUT2D eigenvalue weighted by molar-refractivity contribution is -0.116. The normalized spacial score (nSPS) is 16.8. The van der Waals surface area contributed by atoms with Gasteiger partial charge in [0.25, 0.3) is 5.91 Å². The van der Waals surface area contributed by atoms with Crippen molar-refractivity contribution < 1.29 is 4.79 Å². The van der Waals surface area contributed by atoms with Gasteiger partial charge in [-0.2, -0.15) is 5.10 Å². The van der Waals surface area contributed by atoms with E-state index in [1.54, 1.807) is 21.5 Å². The van der Waals surface area contributed by atoms with Crippen LogP contribution >= 0.6 is 23.4 Å². The summed E-state index contributed by atoms with van der Waals surface area (Å²) < 4.78 is 1.71. The van der Waals surface area contributed by atoms with Crippen molar-refractivity contribution in [2.24, 2.45) is 10.1 Å². The zero-order valence-electron chi connectivity index (χ0n) is 19.7. The minimum absolute atomic E-state index is 0.187. The Morgan fingerprint density at radius 2 is 1.83 bits per heavy atom. The minimum atomic E-state index is -0.605. The van der Waals surface area contributed by atoms with Gasteiger partial charge in [0.1, 0.15) is 10.9 Å². The van der Waals surface area contributed by atoms with Crippen molar-refractivity contribution in [1.29, 1.82) is 0 Å². The number of fused-ring (bicyclic) bond motifs is 2. The molecule has 1 amide bonds. The lowest BCUT2D eigenvalue weighted by atomic mass is 10.1. The molecular weight excluding hydrogens is 480 g/mol. The first-order valence-corrected chi connectivity index (χ1v) is 13.2. The van der Waals surface area contributed by atoms with Crippen molar-refractivity contribution in [3.63, 3.8) is 0 Å². The van der Waals surface area contributed by atoms with Gasteiger partial charge in [-0.3, -0.25) is 15.1 Å². The minimum Gasteiger partial charge on any atom is -0.298 e. The number of halogens is 1. The molecule has 1 atom stereocenters. The molecular formula is C26H27ClN6OS. The molecule has 9 heteroatoms. The number of thioether (sulfide) groups is 1. The number of benzene rings is 2. The largest absolute Gasteiger partial charge is 0.298 e. The molecule has 7 nitrogen and oxygen atoms in total. The van der Waals surface area contributed by atoms with Gasteiger partial charge in [0.2, 0.25) is 0 Å². The Balaban J connectivity index is 1.58. The SMILES string of the molecule is CCCCCCSC1=NN2C(=c3ccccc3=NC2c2c(C)nn(-c3ccccc3)c2Cl)C(=O)N1. The van der Waals surface area contributed by atoms with Crippen molar-refractivity contribution in [3.8, 4) is 5.69 Å². The van der Waals surface area contributed by atoms with E-state index in [0.717, 1.165) is 39.7 Å². The van der Waals surface area contributed by atoms with Crippen LogP contribution in [0.25, 0.3) is 11.4 Å². The summed E-state index contributed by atoms with van der Waals surface area (Å²) in [6.45, 7) is 4.11. The number of unbranched alkanes of at least 4 members (excludes halogenated alkanes) is 3. The first-order chi connectivity index (χ1) is 17.1. The van der Waals surface area contributed by atoms with E-state index < -0.39 is 6.17 Å². The highest BCUT2D eigenvalue weighted by molar-refractivity contribution is 8.13. The summed E-state index contributed by atoms with van der Waals surface area (Å²) in [6, 6.07) is 17.4. The van der Waals surface area contributed by atoms with Crippen molar-refractivity contribution in [3.05, 3.63) is 81.6 Å². The lowest BCUT2D eigenvalue weighted by Crippen LogP contribution is -2.50. The summed E-state index contributed by atoms with van der Waals surface area (Å²) >= 11 is 8.47. The molecule has 1 N–H and O–H groups in total. The number of amidine groups is 1. The molecule has 0 bridgehead atoms. The number of nitrogens with one attached hydrogen (secondary N) is 1. The molecule has 2 aliphatic rings. The second kappa shape index (κ2) is 10.3. The second-order valence-corrected chi connectivity index (χ2v) is 9.96. The first-order valence-electron chi connectivity index (χ1n) is 11.9. The third-order valence-electron chi connectivity index (χ3n) is 6.06. The third-order valence-corrected chi connectivity index (χ3v) is 7.37. The van der Waals surface area contributed by atoms with E-state index >= 15 is 0 Å². The topological polar surface area (TPSA) is 74.9 Å². The number of para-hydroxylation sites is 2. The lowest BCUT2D eigenvalue weighted by Gasteiger charge is -2.34. The summed E-state index contributed by atoms with van der Waals surface area (Å²) in [5.41, 5.74) is 2.80. The van der Waals surface area contributed by atoms with Gasteiger partial charge in [0, 0.05) is 11.0 Å². The highest BCUT2D eigenvalue weighted by Crippen LogP contribution is 2.37. The van der Waals surface area contributed by atoms with E-state index in [9.17, 15) is 4.79 Å². The van der Waals surface area contributed by atoms with Crippen LogP contribution in [0.5, 0.6) is 0 Å². The van der Waals surface area contributed by atoms with Gasteiger partial charge in [0.05, 0.1) is 22.3 Å². The van der Waals surface area contributed by atoms with Gasteiger partial charge < -0.3 is 0 Å². The zero-order chi connectivity index (χ0) is 24.4. The monoisotopic (exact) mass is 506 g/mol. The van der Waals surface area contributed by atoms with E-state index in [2.05, 4.69) is 12.2 Å². The van der Waals surface area contributed by atoms with Gasteiger partial charge >= 0.3 is 0 Å². The number of amides is 1. The fraction of sp³-hybridized carbons (Fsp3) is 0.308. The van der Waals surface area contributed by atoms with Crippen LogP contribution in [-0.2, 0) is 4.79 Å². The van der Waals surface area contributed by atoms with Crippen LogP contribution < -0.4 is 15.9 Å². The Morgan fingerprint density at radius 3 is 2.63 bits per heavy atom. The summed E-state index contributed by atoms with van der Waals surface area (Å²) in [7, 11) is 0. The molecule has 3 heterocycles. The van der Waals surface area contributed by atoms with E-state index in [1.165, 1.54) is 19.3 Å². The third kappa shape index (κ3) is 4.60. The molecule has 5 rings (SSSR count). The summed E-state index contributed by atoms with van der Waals surface area (Å²) in [5, 5.41) is 16.8. The molecule has 0 saturated carbocycles. The Morgan fingerprint density at radius 1 is 1.06 bits per heavy atom. The number of carbonyl (C=O) groups excluding carboxylic acids is 1. The first kappa shape index (κ1) is 23.6. The van der Waals surface area contributed by atoms with E-state index in [4.69, 9.17) is 26.8 Å². The number of carbonyl (C=O) groups is 1. The van der Waals surface area contributed by atoms with Crippen LogP contribution in [-0.4, -0.2) is 31.6 Å². The smallest absolute Gasteiger partial charge is 0.276 e. The number of aromatic nitrogens is 2. The number of hydrogen-bond donors (Lipinski definition) is 1. The van der Waals surface area contributed by atoms with Crippen LogP contribution in [0, 0.1) is 6.92 Å². The van der Waals surface area contributed by atoms with E-state index in [0.29, 0.717) is 16.0 Å². The van der Waals surface area contributed by atoms with Crippen LogP contribution in [0.4, 0.5) is 0 Å². The van der Waals surface area contributed by atoms with Gasteiger partial charge in [-0.15, -0.1) is 5.10 Å². The van der Waals surface area contributed by atoms with E-state index in [1.807, 2.05) is 61.5 Å². The Bertz CT molecular complexity index is 1400. The Kier molecular flexibility index (Phi) is 6.92. The summed E-state index contributed by atoms with van der Waals surface area (Å²) in [6.07, 6.45) is 4.05. The molecule has 0 radical (unpaired) electrons. The maximum atomic E-state index is 13.3. The molecule has 0 spiro atoms. The number of rotatable bonds is 7. The second-order valence-electron chi connectivity index (χ2n) is 8.52. The Hall–Kier alpha value is -3.10. The van der Waals surface area contributed by atoms with Crippen LogP contribution in [0.15, 0.2) is 64.7 Å². The highest BCUT2D eigenvalue weighted by atomic mass is 35.5. The molecule has 35 heavy (non-hydrogen) atoms. The fourth-order valence-corrected chi connectivity index (χ4v) is 5.55. The molecule has 1 aromatic heterocycles. The van der Waals surface area contributed by atoms with Crippen LogP contribution in [0.3, 0.4) is 0 Å². The number of nitrogens with zero attached hydrogens (tertiary/aromatic N) is 5. The average Bonchev–Trinajstić information content (AvgIpc) is 3.17. The molecule has 0 aliphatic carbocycles. The maximum Gasteiger partial charge on any atom is 0.276 e. The van der Waals surface area contributed by atoms with E-state index in [-0.39, 0.29) is 5.91 Å². The standard InChI is InChI=1S/C26H27ClN6OS/c1-3-4-5-11-16-35-26-29-25(34)22-19-14-9-10-15-20(19)28-24(33(22)31-26)21-17(2)30-32(23(21)27)18-12-7-6-8-13-18/h6-10,12-15,24H,3-5,11,16H2,1-2H3,(H,29,31,34). The number of hydrogen-bond acceptors (Lipinski definition) is 6. The predicted octanol–water partition coefficient (Wildman–Crippen LogP) is 4.29. The van der Waals surface area contributed by atoms with Gasteiger partial charge in [-0.05, 0) is 31.5 Å². The number of aryl methyl sites for hydroxylation is 1. The fourth-order valence-electron chi connectivity index (χ4n) is 4.32. The van der Waals surface area contributed by atoms with Crippen molar-refractivity contribution in [1.82, 2.24) is 20.1 Å². The molecule has 0 saturated heterocycles. The maximum absolute atomic E-state index is 13.3. The van der Waals surface area contributed by atoms with Crippen molar-refractivity contribution >= 4 is 40.1 Å².